The lowest BCUT2D eigenvalue weighted by atomic mass is 10.0. The largest absolute Gasteiger partial charge is 0.0712 e. The Labute approximate surface area is 92.0 Å². The van der Waals surface area contributed by atoms with Crippen LogP contribution in [0.3, 0.4) is 0 Å². The van der Waals surface area contributed by atoms with Gasteiger partial charge in [-0.1, -0.05) is 59.8 Å². The van der Waals surface area contributed by atoms with E-state index in [9.17, 15) is 0 Å². The summed E-state index contributed by atoms with van der Waals surface area (Å²) < 4.78 is 0. The molecule has 0 aromatic heterocycles. The van der Waals surface area contributed by atoms with Gasteiger partial charge in [0.1, 0.15) is 0 Å². The molecule has 0 bridgehead atoms. The van der Waals surface area contributed by atoms with Crippen molar-refractivity contribution in [1.29, 1.82) is 0 Å². The molecule has 0 atom stereocenters. The van der Waals surface area contributed by atoms with E-state index in [1.165, 1.54) is 21.5 Å². The third kappa shape index (κ3) is 1.36. The van der Waals surface area contributed by atoms with E-state index in [-0.39, 0.29) is 0 Å². The van der Waals surface area contributed by atoms with E-state index in [1.54, 1.807) is 0 Å². The predicted octanol–water partition coefficient (Wildman–Crippen LogP) is 2.79. The second kappa shape index (κ2) is 3.21. The molecule has 0 saturated carbocycles. The molecule has 3 aromatic carbocycles. The lowest BCUT2D eigenvalue weighted by Gasteiger charge is -2.04. The third-order valence-electron chi connectivity index (χ3n) is 2.74. The lowest BCUT2D eigenvalue weighted by Crippen LogP contribution is -1.99. The average Bonchev–Trinajstić information content (AvgIpc) is 2.28. The zero-order valence-electron chi connectivity index (χ0n) is 8.20. The van der Waals surface area contributed by atoms with Crippen LogP contribution in [0, 0.1) is 0 Å². The highest BCUT2D eigenvalue weighted by atomic mass is 28.1. The number of hydrogen-bond acceptors (Lipinski definition) is 0. The van der Waals surface area contributed by atoms with Crippen LogP contribution in [0.2, 0.25) is 0 Å². The van der Waals surface area contributed by atoms with Gasteiger partial charge < -0.3 is 0 Å². The minimum absolute atomic E-state index is 1.12. The number of fused-ring (bicyclic) bond motifs is 3. The predicted molar refractivity (Wildman–Crippen MR) is 66.8 cm³/mol. The fourth-order valence-corrected chi connectivity index (χ4v) is 2.25. The molecule has 3 aromatic rings. The molecule has 0 spiro atoms. The summed E-state index contributed by atoms with van der Waals surface area (Å²) in [5.74, 6) is 0. The van der Waals surface area contributed by atoms with Crippen LogP contribution in [-0.4, -0.2) is 10.2 Å². The maximum Gasteiger partial charge on any atom is 0.0712 e. The smallest absolute Gasteiger partial charge is 0.0667 e. The SMILES string of the molecule is [Si]c1ccc2c(ccc3ccccc32)c1. The fraction of sp³-hybridized carbons (Fsp3) is 0. The first-order valence-electron chi connectivity index (χ1n) is 4.98. The molecule has 0 aliphatic carbocycles. The van der Waals surface area contributed by atoms with Crippen molar-refractivity contribution >= 4 is 37.0 Å². The third-order valence-corrected chi connectivity index (χ3v) is 3.06. The monoisotopic (exact) mass is 205 g/mol. The molecule has 0 nitrogen and oxygen atoms in total. The molecule has 0 saturated heterocycles. The molecule has 3 radical (unpaired) electrons. The molecule has 0 N–H and O–H groups in total. The Kier molecular flexibility index (Phi) is 1.86. The van der Waals surface area contributed by atoms with Gasteiger partial charge >= 0.3 is 0 Å². The summed E-state index contributed by atoms with van der Waals surface area (Å²) >= 11 is 0. The normalized spacial score (nSPS) is 11.0. The highest BCUT2D eigenvalue weighted by Gasteiger charge is 1.98. The molecule has 0 unspecified atom stereocenters. The van der Waals surface area contributed by atoms with Gasteiger partial charge in [0.2, 0.25) is 0 Å². The maximum atomic E-state index is 3.55. The van der Waals surface area contributed by atoms with E-state index >= 15 is 0 Å². The van der Waals surface area contributed by atoms with Crippen molar-refractivity contribution in [3.05, 3.63) is 54.6 Å². The average molecular weight is 205 g/mol. The highest BCUT2D eigenvalue weighted by Crippen LogP contribution is 2.23. The van der Waals surface area contributed by atoms with Crippen LogP contribution in [-0.2, 0) is 0 Å². The molecular weight excluding hydrogens is 196 g/mol. The first-order chi connectivity index (χ1) is 7.34. The van der Waals surface area contributed by atoms with Gasteiger partial charge in [0.15, 0.2) is 0 Å². The first kappa shape index (κ1) is 8.68. The van der Waals surface area contributed by atoms with Crippen molar-refractivity contribution in [2.45, 2.75) is 0 Å². The summed E-state index contributed by atoms with van der Waals surface area (Å²) in [6.45, 7) is 0. The van der Waals surface area contributed by atoms with E-state index in [0.29, 0.717) is 0 Å². The molecule has 0 heterocycles. The molecule has 0 amide bonds. The minimum Gasteiger partial charge on any atom is -0.0667 e. The van der Waals surface area contributed by atoms with E-state index in [2.05, 4.69) is 64.8 Å². The second-order valence-corrected chi connectivity index (χ2v) is 4.30. The minimum atomic E-state index is 1.12. The van der Waals surface area contributed by atoms with Crippen LogP contribution in [0.1, 0.15) is 0 Å². The van der Waals surface area contributed by atoms with Crippen molar-refractivity contribution in [3.8, 4) is 0 Å². The zero-order valence-corrected chi connectivity index (χ0v) is 9.20. The standard InChI is InChI=1S/C14H9Si/c15-12-7-8-14-11(9-12)6-5-10-3-1-2-4-13(10)14/h1-9H. The first-order valence-corrected chi connectivity index (χ1v) is 5.48. The van der Waals surface area contributed by atoms with Crippen molar-refractivity contribution < 1.29 is 0 Å². The van der Waals surface area contributed by atoms with Gasteiger partial charge in [-0.3, -0.25) is 0 Å². The van der Waals surface area contributed by atoms with E-state index in [4.69, 9.17) is 0 Å². The Morgan fingerprint density at radius 3 is 2.33 bits per heavy atom. The molecule has 3 rings (SSSR count). The Morgan fingerprint density at radius 2 is 1.40 bits per heavy atom. The summed E-state index contributed by atoms with van der Waals surface area (Å²) in [4.78, 5) is 0. The van der Waals surface area contributed by atoms with Crippen LogP contribution in [0.4, 0.5) is 0 Å². The molecule has 69 valence electrons. The van der Waals surface area contributed by atoms with Gasteiger partial charge in [-0.25, -0.2) is 0 Å². The van der Waals surface area contributed by atoms with Gasteiger partial charge in [-0.05, 0) is 21.5 Å². The maximum absolute atomic E-state index is 3.55. The molecule has 0 aliphatic heterocycles. The quantitative estimate of drug-likeness (QED) is 0.391. The summed E-state index contributed by atoms with van der Waals surface area (Å²) in [5, 5.41) is 6.34. The van der Waals surface area contributed by atoms with Crippen molar-refractivity contribution in [2.24, 2.45) is 0 Å². The topological polar surface area (TPSA) is 0 Å². The Hall–Kier alpha value is -1.60. The van der Waals surface area contributed by atoms with E-state index in [0.717, 1.165) is 5.19 Å². The summed E-state index contributed by atoms with van der Waals surface area (Å²) in [5.41, 5.74) is 0. The highest BCUT2D eigenvalue weighted by molar-refractivity contribution is 6.33. The molecule has 15 heavy (non-hydrogen) atoms. The Balaban J connectivity index is 2.55. The lowest BCUT2D eigenvalue weighted by molar-refractivity contribution is 1.79. The number of benzene rings is 3. The van der Waals surface area contributed by atoms with Gasteiger partial charge in [-0.2, -0.15) is 0 Å². The van der Waals surface area contributed by atoms with Crippen LogP contribution in [0.25, 0.3) is 21.5 Å². The van der Waals surface area contributed by atoms with Crippen LogP contribution in [0.5, 0.6) is 0 Å². The number of rotatable bonds is 0. The fourth-order valence-electron chi connectivity index (χ4n) is 2.01. The molecule has 0 fully saturated rings. The van der Waals surface area contributed by atoms with E-state index in [1.807, 2.05) is 0 Å². The van der Waals surface area contributed by atoms with Crippen LogP contribution < -0.4 is 5.19 Å². The second-order valence-electron chi connectivity index (χ2n) is 3.72. The Bertz CT molecular complexity index is 641. The molecule has 1 heteroatoms. The van der Waals surface area contributed by atoms with Crippen LogP contribution >= 0.6 is 0 Å². The van der Waals surface area contributed by atoms with E-state index < -0.39 is 0 Å². The van der Waals surface area contributed by atoms with Gasteiger partial charge in [0.05, 0.1) is 10.2 Å². The Morgan fingerprint density at radius 1 is 0.667 bits per heavy atom. The van der Waals surface area contributed by atoms with Crippen molar-refractivity contribution in [1.82, 2.24) is 0 Å². The summed E-state index contributed by atoms with van der Waals surface area (Å²) in [6, 6.07) is 19.2. The summed E-state index contributed by atoms with van der Waals surface area (Å²) in [6.07, 6.45) is 0. The van der Waals surface area contributed by atoms with Crippen LogP contribution in [0.15, 0.2) is 54.6 Å². The summed E-state index contributed by atoms with van der Waals surface area (Å²) in [7, 11) is 3.55. The van der Waals surface area contributed by atoms with Crippen molar-refractivity contribution in [2.75, 3.05) is 0 Å². The van der Waals surface area contributed by atoms with Gasteiger partial charge in [0.25, 0.3) is 0 Å². The molecule has 0 aliphatic rings. The van der Waals surface area contributed by atoms with Gasteiger partial charge in [-0.15, -0.1) is 0 Å². The van der Waals surface area contributed by atoms with Gasteiger partial charge in [0, 0.05) is 0 Å². The zero-order chi connectivity index (χ0) is 10.3. The van der Waals surface area contributed by atoms with Crippen molar-refractivity contribution in [3.63, 3.8) is 0 Å². The number of hydrogen-bond donors (Lipinski definition) is 0. The molecular formula is C14H9Si.